The van der Waals surface area contributed by atoms with Crippen LogP contribution in [-0.2, 0) is 0 Å². The highest BCUT2D eigenvalue weighted by molar-refractivity contribution is 5.89. The molecule has 3 nitrogen and oxygen atoms in total. The molecule has 0 N–H and O–H groups in total. The number of rotatable bonds is 4. The summed E-state index contributed by atoms with van der Waals surface area (Å²) in [4.78, 5) is 10.9. The molecular formula is C15H19N3. The van der Waals surface area contributed by atoms with Crippen molar-refractivity contribution in [1.82, 2.24) is 9.97 Å². The van der Waals surface area contributed by atoms with E-state index in [0.29, 0.717) is 0 Å². The van der Waals surface area contributed by atoms with E-state index in [1.807, 2.05) is 18.2 Å². The molecule has 18 heavy (non-hydrogen) atoms. The molecule has 0 bridgehead atoms. The number of aromatic nitrogens is 2. The Morgan fingerprint density at radius 3 is 2.78 bits per heavy atom. The molecule has 2 aromatic rings. The topological polar surface area (TPSA) is 29.0 Å². The SMILES string of the molecule is C/C=C(\CC)CN(C)c1ncnc2ccccc12. The zero-order valence-corrected chi connectivity index (χ0v) is 11.2. The Hall–Kier alpha value is -1.90. The Kier molecular flexibility index (Phi) is 3.92. The largest absolute Gasteiger partial charge is 0.355 e. The van der Waals surface area contributed by atoms with Gasteiger partial charge in [-0.1, -0.05) is 30.7 Å². The van der Waals surface area contributed by atoms with Crippen LogP contribution in [0.25, 0.3) is 10.9 Å². The third-order valence-corrected chi connectivity index (χ3v) is 3.19. The number of allylic oxidation sites excluding steroid dienone is 1. The molecule has 1 aromatic carbocycles. The van der Waals surface area contributed by atoms with Crippen LogP contribution < -0.4 is 4.90 Å². The summed E-state index contributed by atoms with van der Waals surface area (Å²) < 4.78 is 0. The molecule has 0 spiro atoms. The molecule has 0 fully saturated rings. The van der Waals surface area contributed by atoms with Gasteiger partial charge in [0.1, 0.15) is 12.1 Å². The maximum atomic E-state index is 4.42. The van der Waals surface area contributed by atoms with Crippen molar-refractivity contribution in [2.75, 3.05) is 18.5 Å². The molecule has 0 atom stereocenters. The zero-order chi connectivity index (χ0) is 13.0. The van der Waals surface area contributed by atoms with E-state index in [4.69, 9.17) is 0 Å². The molecule has 0 saturated heterocycles. The maximum absolute atomic E-state index is 4.42. The summed E-state index contributed by atoms with van der Waals surface area (Å²) in [6.07, 6.45) is 4.89. The van der Waals surface area contributed by atoms with Crippen LogP contribution in [-0.4, -0.2) is 23.6 Å². The van der Waals surface area contributed by atoms with E-state index in [1.165, 1.54) is 5.57 Å². The Bertz CT molecular complexity index is 555. The highest BCUT2D eigenvalue weighted by Crippen LogP contribution is 2.22. The predicted molar refractivity (Wildman–Crippen MR) is 76.9 cm³/mol. The van der Waals surface area contributed by atoms with E-state index in [9.17, 15) is 0 Å². The average Bonchev–Trinajstić information content (AvgIpc) is 2.43. The molecule has 1 aromatic heterocycles. The lowest BCUT2D eigenvalue weighted by atomic mass is 10.1. The van der Waals surface area contributed by atoms with E-state index in [0.717, 1.165) is 29.7 Å². The normalized spacial score (nSPS) is 11.8. The number of likely N-dealkylation sites (N-methyl/N-ethyl adjacent to an activating group) is 1. The quantitative estimate of drug-likeness (QED) is 0.768. The Morgan fingerprint density at radius 1 is 1.28 bits per heavy atom. The maximum Gasteiger partial charge on any atom is 0.139 e. The third-order valence-electron chi connectivity index (χ3n) is 3.19. The van der Waals surface area contributed by atoms with Gasteiger partial charge < -0.3 is 4.90 Å². The van der Waals surface area contributed by atoms with Crippen molar-refractivity contribution in [3.05, 3.63) is 42.2 Å². The first-order chi connectivity index (χ1) is 8.76. The van der Waals surface area contributed by atoms with Gasteiger partial charge in [0.25, 0.3) is 0 Å². The molecule has 94 valence electrons. The van der Waals surface area contributed by atoms with Gasteiger partial charge in [-0.15, -0.1) is 0 Å². The van der Waals surface area contributed by atoms with E-state index in [-0.39, 0.29) is 0 Å². The smallest absolute Gasteiger partial charge is 0.139 e. The van der Waals surface area contributed by atoms with Crippen LogP contribution in [0.3, 0.4) is 0 Å². The number of nitrogens with zero attached hydrogens (tertiary/aromatic N) is 3. The van der Waals surface area contributed by atoms with Gasteiger partial charge >= 0.3 is 0 Å². The Labute approximate surface area is 108 Å². The second-order valence-electron chi connectivity index (χ2n) is 4.37. The molecular weight excluding hydrogens is 222 g/mol. The van der Waals surface area contributed by atoms with Gasteiger partial charge in [0.05, 0.1) is 5.52 Å². The van der Waals surface area contributed by atoms with E-state index in [1.54, 1.807) is 6.33 Å². The summed E-state index contributed by atoms with van der Waals surface area (Å²) in [6, 6.07) is 8.12. The molecule has 0 saturated carbocycles. The molecule has 0 aliphatic heterocycles. The number of benzene rings is 1. The molecule has 0 aliphatic carbocycles. The summed E-state index contributed by atoms with van der Waals surface area (Å²) in [5.41, 5.74) is 2.41. The second kappa shape index (κ2) is 5.63. The number of para-hydroxylation sites is 1. The van der Waals surface area contributed by atoms with Gasteiger partial charge in [0, 0.05) is 19.0 Å². The zero-order valence-electron chi connectivity index (χ0n) is 11.2. The first-order valence-electron chi connectivity index (χ1n) is 6.31. The van der Waals surface area contributed by atoms with Crippen molar-refractivity contribution in [3.63, 3.8) is 0 Å². The van der Waals surface area contributed by atoms with Crippen LogP contribution in [0.4, 0.5) is 5.82 Å². The van der Waals surface area contributed by atoms with Crippen LogP contribution >= 0.6 is 0 Å². The molecule has 0 radical (unpaired) electrons. The average molecular weight is 241 g/mol. The van der Waals surface area contributed by atoms with Crippen LogP contribution in [0.5, 0.6) is 0 Å². The van der Waals surface area contributed by atoms with E-state index < -0.39 is 0 Å². The summed E-state index contributed by atoms with van der Waals surface area (Å²) >= 11 is 0. The van der Waals surface area contributed by atoms with Crippen LogP contribution in [0.15, 0.2) is 42.2 Å². The van der Waals surface area contributed by atoms with Gasteiger partial charge in [-0.25, -0.2) is 9.97 Å². The predicted octanol–water partition coefficient (Wildman–Crippen LogP) is 3.42. The monoisotopic (exact) mass is 241 g/mol. The Morgan fingerprint density at radius 2 is 2.06 bits per heavy atom. The highest BCUT2D eigenvalue weighted by Gasteiger charge is 2.08. The minimum Gasteiger partial charge on any atom is -0.355 e. The first-order valence-corrected chi connectivity index (χ1v) is 6.31. The van der Waals surface area contributed by atoms with Gasteiger partial charge in [0.15, 0.2) is 0 Å². The summed E-state index contributed by atoms with van der Waals surface area (Å²) in [5.74, 6) is 0.994. The number of fused-ring (bicyclic) bond motifs is 1. The minimum absolute atomic E-state index is 0.911. The fourth-order valence-corrected chi connectivity index (χ4v) is 2.08. The van der Waals surface area contributed by atoms with Crippen molar-refractivity contribution in [2.45, 2.75) is 20.3 Å². The lowest BCUT2D eigenvalue weighted by molar-refractivity contribution is 0.906. The number of anilines is 1. The lowest BCUT2D eigenvalue weighted by Gasteiger charge is -2.20. The molecule has 0 aliphatic rings. The lowest BCUT2D eigenvalue weighted by Crippen LogP contribution is -2.21. The van der Waals surface area contributed by atoms with Gasteiger partial charge in [-0.05, 0) is 25.5 Å². The fraction of sp³-hybridized carbons (Fsp3) is 0.333. The minimum atomic E-state index is 0.911. The van der Waals surface area contributed by atoms with Gasteiger partial charge in [0.2, 0.25) is 0 Å². The van der Waals surface area contributed by atoms with Crippen molar-refractivity contribution in [1.29, 1.82) is 0 Å². The van der Waals surface area contributed by atoms with Crippen LogP contribution in [0.2, 0.25) is 0 Å². The Balaban J connectivity index is 2.36. The third kappa shape index (κ3) is 2.50. The molecule has 0 amide bonds. The summed E-state index contributed by atoms with van der Waals surface area (Å²) in [7, 11) is 2.08. The number of hydrogen-bond donors (Lipinski definition) is 0. The fourth-order valence-electron chi connectivity index (χ4n) is 2.08. The van der Waals surface area contributed by atoms with Crippen LogP contribution in [0, 0.1) is 0 Å². The summed E-state index contributed by atoms with van der Waals surface area (Å²) in [5, 5.41) is 1.11. The van der Waals surface area contributed by atoms with Gasteiger partial charge in [-0.3, -0.25) is 0 Å². The molecule has 0 unspecified atom stereocenters. The van der Waals surface area contributed by atoms with Crippen molar-refractivity contribution in [2.24, 2.45) is 0 Å². The van der Waals surface area contributed by atoms with Gasteiger partial charge in [-0.2, -0.15) is 0 Å². The first kappa shape index (κ1) is 12.6. The van der Waals surface area contributed by atoms with Crippen molar-refractivity contribution >= 4 is 16.7 Å². The number of hydrogen-bond acceptors (Lipinski definition) is 3. The van der Waals surface area contributed by atoms with Crippen molar-refractivity contribution in [3.8, 4) is 0 Å². The molecule has 1 heterocycles. The van der Waals surface area contributed by atoms with Crippen molar-refractivity contribution < 1.29 is 0 Å². The van der Waals surface area contributed by atoms with E-state index >= 15 is 0 Å². The summed E-state index contributed by atoms with van der Waals surface area (Å²) in [6.45, 7) is 5.18. The van der Waals surface area contributed by atoms with Crippen LogP contribution in [0.1, 0.15) is 20.3 Å². The highest BCUT2D eigenvalue weighted by atomic mass is 15.2. The molecule has 3 heteroatoms. The molecule has 2 rings (SSSR count). The standard InChI is InChI=1S/C15H19N3/c1-4-12(5-2)10-18(3)15-13-8-6-7-9-14(13)16-11-17-15/h4,6-9,11H,5,10H2,1-3H3/b12-4+. The van der Waals surface area contributed by atoms with E-state index in [2.05, 4.69) is 47.9 Å². The second-order valence-corrected chi connectivity index (χ2v) is 4.37.